The fourth-order valence-corrected chi connectivity index (χ4v) is 0.895. The standard InChI is InChI=1S/C7H3F3N2O3/c8-7(9,10)4-1-2-6(12(14)15)11-5(4)3-13/h1-3H. The summed E-state index contributed by atoms with van der Waals surface area (Å²) in [4.78, 5) is 22.4. The lowest BCUT2D eigenvalue weighted by Gasteiger charge is -2.05. The molecule has 0 saturated carbocycles. The van der Waals surface area contributed by atoms with Gasteiger partial charge in [0.1, 0.15) is 5.56 Å². The molecule has 0 aromatic carbocycles. The molecule has 0 aliphatic heterocycles. The monoisotopic (exact) mass is 220 g/mol. The molecule has 0 unspecified atom stereocenters. The number of aromatic nitrogens is 1. The average molecular weight is 220 g/mol. The molecule has 0 radical (unpaired) electrons. The van der Waals surface area contributed by atoms with E-state index in [0.717, 1.165) is 0 Å². The molecule has 8 heteroatoms. The lowest BCUT2D eigenvalue weighted by molar-refractivity contribution is -0.389. The SMILES string of the molecule is O=Cc1nc([N+](=O)[O-])ccc1C(F)(F)F. The Labute approximate surface area is 80.7 Å². The molecule has 80 valence electrons. The number of carbonyl (C=O) groups is 1. The Hall–Kier alpha value is -1.99. The molecule has 0 bridgehead atoms. The van der Waals surface area contributed by atoms with Gasteiger partial charge in [0.05, 0.1) is 0 Å². The van der Waals surface area contributed by atoms with Gasteiger partial charge in [0, 0.05) is 6.07 Å². The van der Waals surface area contributed by atoms with Crippen molar-refractivity contribution in [3.05, 3.63) is 33.5 Å². The number of halogens is 3. The van der Waals surface area contributed by atoms with Crippen LogP contribution in [0, 0.1) is 10.1 Å². The van der Waals surface area contributed by atoms with Crippen LogP contribution in [0.2, 0.25) is 0 Å². The van der Waals surface area contributed by atoms with E-state index < -0.39 is 28.2 Å². The van der Waals surface area contributed by atoms with Crippen molar-refractivity contribution in [2.45, 2.75) is 6.18 Å². The molecular weight excluding hydrogens is 217 g/mol. The highest BCUT2D eigenvalue weighted by molar-refractivity contribution is 5.75. The maximum absolute atomic E-state index is 12.2. The Morgan fingerprint density at radius 2 is 2.00 bits per heavy atom. The quantitative estimate of drug-likeness (QED) is 0.433. The molecular formula is C7H3F3N2O3. The van der Waals surface area contributed by atoms with Crippen molar-refractivity contribution in [1.82, 2.24) is 4.98 Å². The third-order valence-corrected chi connectivity index (χ3v) is 1.51. The molecule has 0 amide bonds. The van der Waals surface area contributed by atoms with Gasteiger partial charge in [0.25, 0.3) is 0 Å². The zero-order valence-electron chi connectivity index (χ0n) is 6.99. The van der Waals surface area contributed by atoms with Gasteiger partial charge < -0.3 is 10.1 Å². The van der Waals surface area contributed by atoms with Crippen LogP contribution in [0.3, 0.4) is 0 Å². The Morgan fingerprint density at radius 1 is 1.40 bits per heavy atom. The first-order chi connectivity index (χ1) is 6.86. The zero-order chi connectivity index (χ0) is 11.6. The zero-order valence-corrected chi connectivity index (χ0v) is 6.99. The summed E-state index contributed by atoms with van der Waals surface area (Å²) in [6, 6.07) is 1.05. The average Bonchev–Trinajstić information content (AvgIpc) is 2.15. The fourth-order valence-electron chi connectivity index (χ4n) is 0.895. The van der Waals surface area contributed by atoms with Crippen LogP contribution in [0.15, 0.2) is 12.1 Å². The van der Waals surface area contributed by atoms with E-state index in [4.69, 9.17) is 0 Å². The van der Waals surface area contributed by atoms with E-state index in [0.29, 0.717) is 12.1 Å². The maximum Gasteiger partial charge on any atom is 0.420 e. The van der Waals surface area contributed by atoms with Crippen molar-refractivity contribution in [3.8, 4) is 0 Å². The molecule has 5 nitrogen and oxygen atoms in total. The molecule has 1 heterocycles. The van der Waals surface area contributed by atoms with Crippen molar-refractivity contribution >= 4 is 12.1 Å². The molecule has 15 heavy (non-hydrogen) atoms. The van der Waals surface area contributed by atoms with Crippen LogP contribution in [-0.2, 0) is 6.18 Å². The number of nitrogens with zero attached hydrogens (tertiary/aromatic N) is 2. The van der Waals surface area contributed by atoms with Gasteiger partial charge in [0.15, 0.2) is 6.29 Å². The second-order valence-electron chi connectivity index (χ2n) is 2.47. The summed E-state index contributed by atoms with van der Waals surface area (Å²) in [7, 11) is 0. The number of nitro groups is 1. The van der Waals surface area contributed by atoms with Gasteiger partial charge in [-0.05, 0) is 16.0 Å². The topological polar surface area (TPSA) is 73.1 Å². The maximum atomic E-state index is 12.2. The second kappa shape index (κ2) is 3.64. The normalized spacial score (nSPS) is 11.1. The summed E-state index contributed by atoms with van der Waals surface area (Å²) < 4.78 is 36.6. The van der Waals surface area contributed by atoms with Gasteiger partial charge in [-0.2, -0.15) is 13.2 Å². The third-order valence-electron chi connectivity index (χ3n) is 1.51. The lowest BCUT2D eigenvalue weighted by Crippen LogP contribution is -2.11. The summed E-state index contributed by atoms with van der Waals surface area (Å²) in [6.45, 7) is 0. The van der Waals surface area contributed by atoms with Crippen LogP contribution in [-0.4, -0.2) is 16.2 Å². The van der Waals surface area contributed by atoms with E-state index in [9.17, 15) is 28.1 Å². The van der Waals surface area contributed by atoms with Gasteiger partial charge >= 0.3 is 12.0 Å². The summed E-state index contributed by atoms with van der Waals surface area (Å²) in [5.41, 5.74) is -2.28. The summed E-state index contributed by atoms with van der Waals surface area (Å²) >= 11 is 0. The van der Waals surface area contributed by atoms with Crippen molar-refractivity contribution in [2.75, 3.05) is 0 Å². The molecule has 0 fully saturated rings. The smallest absolute Gasteiger partial charge is 0.358 e. The first-order valence-electron chi connectivity index (χ1n) is 3.54. The van der Waals surface area contributed by atoms with Crippen molar-refractivity contribution in [2.24, 2.45) is 0 Å². The van der Waals surface area contributed by atoms with Crippen LogP contribution < -0.4 is 0 Å². The van der Waals surface area contributed by atoms with Crippen molar-refractivity contribution < 1.29 is 22.9 Å². The molecule has 0 aliphatic rings. The number of carbonyl (C=O) groups excluding carboxylic acids is 1. The minimum Gasteiger partial charge on any atom is -0.358 e. The Bertz CT molecular complexity index is 416. The lowest BCUT2D eigenvalue weighted by atomic mass is 10.2. The van der Waals surface area contributed by atoms with Crippen molar-refractivity contribution in [1.29, 1.82) is 0 Å². The van der Waals surface area contributed by atoms with Gasteiger partial charge in [-0.25, -0.2) is 0 Å². The number of hydrogen-bond acceptors (Lipinski definition) is 4. The van der Waals surface area contributed by atoms with Gasteiger partial charge in [-0.1, -0.05) is 0 Å². The number of alkyl halides is 3. The predicted octanol–water partition coefficient (Wildman–Crippen LogP) is 1.82. The first-order valence-corrected chi connectivity index (χ1v) is 3.54. The van der Waals surface area contributed by atoms with E-state index in [1.165, 1.54) is 0 Å². The van der Waals surface area contributed by atoms with Crippen LogP contribution in [0.4, 0.5) is 19.0 Å². The van der Waals surface area contributed by atoms with Crippen LogP contribution in [0.25, 0.3) is 0 Å². The van der Waals surface area contributed by atoms with Crippen molar-refractivity contribution in [3.63, 3.8) is 0 Å². The fraction of sp³-hybridized carbons (Fsp3) is 0.143. The van der Waals surface area contributed by atoms with Gasteiger partial charge in [-0.15, -0.1) is 0 Å². The molecule has 1 aromatic heterocycles. The summed E-state index contributed by atoms with van der Waals surface area (Å²) in [6.07, 6.45) is -4.92. The molecule has 0 N–H and O–H groups in total. The second-order valence-corrected chi connectivity index (χ2v) is 2.47. The van der Waals surface area contributed by atoms with E-state index in [1.807, 2.05) is 0 Å². The molecule has 0 aliphatic carbocycles. The highest BCUT2D eigenvalue weighted by Crippen LogP contribution is 2.31. The van der Waals surface area contributed by atoms with Crippen LogP contribution >= 0.6 is 0 Å². The number of hydrogen-bond donors (Lipinski definition) is 0. The molecule has 0 saturated heterocycles. The van der Waals surface area contributed by atoms with Crippen LogP contribution in [0.1, 0.15) is 16.1 Å². The highest BCUT2D eigenvalue weighted by Gasteiger charge is 2.36. The Kier molecular flexibility index (Phi) is 2.69. The van der Waals surface area contributed by atoms with Gasteiger partial charge in [0.2, 0.25) is 5.69 Å². The number of aldehydes is 1. The Balaban J connectivity index is 3.33. The van der Waals surface area contributed by atoms with E-state index in [2.05, 4.69) is 4.98 Å². The summed E-state index contributed by atoms with van der Waals surface area (Å²) in [5.74, 6) is -0.801. The van der Waals surface area contributed by atoms with E-state index in [1.54, 1.807) is 0 Å². The predicted molar refractivity (Wildman–Crippen MR) is 41.3 cm³/mol. The first kappa shape index (κ1) is 11.1. The molecule has 0 atom stereocenters. The van der Waals surface area contributed by atoms with Gasteiger partial charge in [-0.3, -0.25) is 4.79 Å². The minimum atomic E-state index is -4.75. The summed E-state index contributed by atoms with van der Waals surface area (Å²) in [5, 5.41) is 10.2. The highest BCUT2D eigenvalue weighted by atomic mass is 19.4. The molecule has 1 rings (SSSR count). The Morgan fingerprint density at radius 3 is 2.40 bits per heavy atom. The molecule has 0 spiro atoms. The third kappa shape index (κ3) is 2.27. The number of pyridine rings is 1. The molecule has 1 aromatic rings. The van der Waals surface area contributed by atoms with Crippen LogP contribution in [0.5, 0.6) is 0 Å². The number of rotatable bonds is 2. The minimum absolute atomic E-state index is 0.171. The largest absolute Gasteiger partial charge is 0.420 e. The van der Waals surface area contributed by atoms with E-state index in [-0.39, 0.29) is 6.29 Å². The van der Waals surface area contributed by atoms with E-state index >= 15 is 0 Å².